The largest absolute Gasteiger partial charge is 0.496 e. The van der Waals surface area contributed by atoms with E-state index in [1.54, 1.807) is 0 Å². The van der Waals surface area contributed by atoms with Crippen LogP contribution in [0.3, 0.4) is 0 Å². The zero-order chi connectivity index (χ0) is 16.4. The van der Waals surface area contributed by atoms with Crippen LogP contribution in [0.25, 0.3) is 11.1 Å². The average molecular weight is 316 g/mol. The summed E-state index contributed by atoms with van der Waals surface area (Å²) in [6.07, 6.45) is 0. The average Bonchev–Trinajstić information content (AvgIpc) is 2.95. The Balaban J connectivity index is 2.15. The van der Waals surface area contributed by atoms with Crippen molar-refractivity contribution in [3.63, 3.8) is 0 Å². The van der Waals surface area contributed by atoms with Crippen LogP contribution in [0.5, 0.6) is 5.75 Å². The Morgan fingerprint density at radius 3 is 2.43 bits per heavy atom. The predicted molar refractivity (Wildman–Crippen MR) is 75.8 cm³/mol. The number of halogens is 2. The van der Waals surface area contributed by atoms with Crippen molar-refractivity contribution in [1.82, 2.24) is 10.6 Å². The van der Waals surface area contributed by atoms with E-state index in [0.29, 0.717) is 11.1 Å². The number of imide groups is 1. The molecule has 3 amide bonds. The van der Waals surface area contributed by atoms with Gasteiger partial charge < -0.3 is 10.1 Å². The van der Waals surface area contributed by atoms with Crippen molar-refractivity contribution in [2.75, 3.05) is 7.11 Å². The molecule has 1 aliphatic heterocycles. The van der Waals surface area contributed by atoms with Gasteiger partial charge >= 0.3 is 6.03 Å². The molecule has 0 radical (unpaired) electrons. The van der Waals surface area contributed by atoms with Crippen molar-refractivity contribution in [3.8, 4) is 16.9 Å². The van der Waals surface area contributed by atoms with E-state index in [4.69, 9.17) is 4.74 Å². The molecule has 1 fully saturated rings. The van der Waals surface area contributed by atoms with Crippen molar-refractivity contribution in [2.24, 2.45) is 0 Å². The highest BCUT2D eigenvalue weighted by Crippen LogP contribution is 2.52. The summed E-state index contributed by atoms with van der Waals surface area (Å²) >= 11 is 0. The second-order valence-corrected chi connectivity index (χ2v) is 5.38. The van der Waals surface area contributed by atoms with Gasteiger partial charge in [0.25, 0.3) is 5.91 Å². The number of urea groups is 1. The standard InChI is InChI=1S/C16H10F2N2O3/c1-23-12-6-8(18)5-11-13(12)9-3-2-7(17)4-10(9)16(11)14(21)19-15(22)20-16/h2-6H,1H3,(H2,19,20,21,22). The smallest absolute Gasteiger partial charge is 0.322 e. The molecule has 23 heavy (non-hydrogen) atoms. The van der Waals surface area contributed by atoms with Gasteiger partial charge in [0.2, 0.25) is 0 Å². The Hall–Kier alpha value is -2.96. The van der Waals surface area contributed by atoms with E-state index in [1.807, 2.05) is 0 Å². The van der Waals surface area contributed by atoms with Crippen LogP contribution in [-0.2, 0) is 10.3 Å². The fraction of sp³-hybridized carbons (Fsp3) is 0.125. The Labute approximate surface area is 129 Å². The summed E-state index contributed by atoms with van der Waals surface area (Å²) in [6.45, 7) is 0. The molecule has 1 saturated heterocycles. The number of hydrogen-bond donors (Lipinski definition) is 2. The minimum atomic E-state index is -1.65. The molecule has 4 rings (SSSR count). The highest BCUT2D eigenvalue weighted by molar-refractivity contribution is 6.13. The number of rotatable bonds is 1. The maximum atomic E-state index is 14.0. The molecule has 1 unspecified atom stereocenters. The first-order valence-corrected chi connectivity index (χ1v) is 6.79. The molecule has 2 aliphatic rings. The van der Waals surface area contributed by atoms with Crippen LogP contribution in [0.15, 0.2) is 30.3 Å². The molecular formula is C16H10F2N2O3. The Bertz CT molecular complexity index is 897. The minimum Gasteiger partial charge on any atom is -0.496 e. The zero-order valence-electron chi connectivity index (χ0n) is 11.9. The Morgan fingerprint density at radius 1 is 1.04 bits per heavy atom. The molecule has 7 heteroatoms. The van der Waals surface area contributed by atoms with Crippen LogP contribution < -0.4 is 15.4 Å². The van der Waals surface area contributed by atoms with Crippen molar-refractivity contribution in [1.29, 1.82) is 0 Å². The molecule has 5 nitrogen and oxygen atoms in total. The molecule has 0 saturated carbocycles. The molecule has 0 aromatic heterocycles. The van der Waals surface area contributed by atoms with Crippen molar-refractivity contribution in [2.45, 2.75) is 5.54 Å². The number of nitrogens with one attached hydrogen (secondary N) is 2. The van der Waals surface area contributed by atoms with Crippen molar-refractivity contribution < 1.29 is 23.1 Å². The van der Waals surface area contributed by atoms with Crippen LogP contribution in [0.4, 0.5) is 13.6 Å². The second-order valence-electron chi connectivity index (χ2n) is 5.38. The van der Waals surface area contributed by atoms with Crippen molar-refractivity contribution in [3.05, 3.63) is 53.1 Å². The fourth-order valence-electron chi connectivity index (χ4n) is 3.34. The molecule has 1 aliphatic carbocycles. The van der Waals surface area contributed by atoms with E-state index >= 15 is 0 Å². The Kier molecular flexibility index (Phi) is 2.55. The molecule has 2 aromatic carbocycles. The molecule has 2 aromatic rings. The van der Waals surface area contributed by atoms with Gasteiger partial charge in [-0.2, -0.15) is 0 Å². The highest BCUT2D eigenvalue weighted by Gasteiger charge is 2.56. The molecular weight excluding hydrogens is 306 g/mol. The summed E-state index contributed by atoms with van der Waals surface area (Å²) in [4.78, 5) is 24.2. The molecule has 1 spiro atoms. The molecule has 0 bridgehead atoms. The number of benzene rings is 2. The van der Waals surface area contributed by atoms with Gasteiger partial charge in [-0.25, -0.2) is 13.6 Å². The van der Waals surface area contributed by atoms with Gasteiger partial charge in [0, 0.05) is 22.8 Å². The van der Waals surface area contributed by atoms with E-state index in [1.165, 1.54) is 25.3 Å². The monoisotopic (exact) mass is 316 g/mol. The first-order chi connectivity index (χ1) is 11.0. The lowest BCUT2D eigenvalue weighted by molar-refractivity contribution is -0.122. The fourth-order valence-corrected chi connectivity index (χ4v) is 3.34. The molecule has 116 valence electrons. The Morgan fingerprint density at radius 2 is 1.78 bits per heavy atom. The first-order valence-electron chi connectivity index (χ1n) is 6.79. The van der Waals surface area contributed by atoms with E-state index in [0.717, 1.165) is 12.1 Å². The number of methoxy groups -OCH3 is 1. The lowest BCUT2D eigenvalue weighted by atomic mass is 9.87. The van der Waals surface area contributed by atoms with Gasteiger partial charge in [-0.15, -0.1) is 0 Å². The number of carbonyl (C=O) groups is 2. The van der Waals surface area contributed by atoms with Crippen LogP contribution in [0, 0.1) is 11.6 Å². The number of fused-ring (bicyclic) bond motifs is 5. The summed E-state index contributed by atoms with van der Waals surface area (Å²) in [5.74, 6) is -1.66. The highest BCUT2D eigenvalue weighted by atomic mass is 19.1. The predicted octanol–water partition coefficient (Wildman–Crippen LogP) is 2.04. The van der Waals surface area contributed by atoms with Gasteiger partial charge in [0.05, 0.1) is 7.11 Å². The topological polar surface area (TPSA) is 67.4 Å². The van der Waals surface area contributed by atoms with Crippen LogP contribution in [-0.4, -0.2) is 19.0 Å². The van der Waals surface area contributed by atoms with Gasteiger partial charge in [0.15, 0.2) is 5.54 Å². The van der Waals surface area contributed by atoms with E-state index in [-0.39, 0.29) is 16.9 Å². The summed E-state index contributed by atoms with van der Waals surface area (Å²) in [6, 6.07) is 5.50. The number of hydrogen-bond acceptors (Lipinski definition) is 3. The summed E-state index contributed by atoms with van der Waals surface area (Å²) in [5.41, 5.74) is -0.214. The summed E-state index contributed by atoms with van der Waals surface area (Å²) in [7, 11) is 1.37. The van der Waals surface area contributed by atoms with Crippen LogP contribution in [0.1, 0.15) is 11.1 Å². The minimum absolute atomic E-state index is 0.207. The molecule has 1 atom stereocenters. The molecule has 2 N–H and O–H groups in total. The van der Waals surface area contributed by atoms with Gasteiger partial charge in [0.1, 0.15) is 17.4 Å². The summed E-state index contributed by atoms with van der Waals surface area (Å²) < 4.78 is 32.9. The first kappa shape index (κ1) is 13.7. The van der Waals surface area contributed by atoms with E-state index < -0.39 is 29.1 Å². The lowest BCUT2D eigenvalue weighted by Crippen LogP contribution is -2.43. The zero-order valence-corrected chi connectivity index (χ0v) is 11.9. The third kappa shape index (κ3) is 1.59. The number of ether oxygens (including phenoxy) is 1. The van der Waals surface area contributed by atoms with Crippen LogP contribution in [0.2, 0.25) is 0 Å². The van der Waals surface area contributed by atoms with Crippen molar-refractivity contribution >= 4 is 11.9 Å². The van der Waals surface area contributed by atoms with E-state index in [9.17, 15) is 18.4 Å². The SMILES string of the molecule is COc1cc(F)cc2c1-c1ccc(F)cc1C21NC(=O)NC1=O. The quantitative estimate of drug-likeness (QED) is 0.791. The van der Waals surface area contributed by atoms with Gasteiger partial charge in [-0.3, -0.25) is 10.1 Å². The lowest BCUT2D eigenvalue weighted by Gasteiger charge is -2.23. The number of amides is 3. The summed E-state index contributed by atoms with van der Waals surface area (Å²) in [5, 5.41) is 4.64. The van der Waals surface area contributed by atoms with Gasteiger partial charge in [-0.05, 0) is 23.8 Å². The third-order valence-electron chi connectivity index (χ3n) is 4.21. The number of carbonyl (C=O) groups excluding carboxylic acids is 2. The van der Waals surface area contributed by atoms with E-state index in [2.05, 4.69) is 10.6 Å². The normalized spacial score (nSPS) is 21.0. The maximum absolute atomic E-state index is 14.0. The maximum Gasteiger partial charge on any atom is 0.322 e. The van der Waals surface area contributed by atoms with Gasteiger partial charge in [-0.1, -0.05) is 6.07 Å². The molecule has 1 heterocycles. The van der Waals surface area contributed by atoms with Crippen LogP contribution >= 0.6 is 0 Å². The second kappa shape index (κ2) is 4.28. The third-order valence-corrected chi connectivity index (χ3v) is 4.21.